The van der Waals surface area contributed by atoms with Crippen molar-refractivity contribution >= 4 is 31.5 Å². The first-order valence-electron chi connectivity index (χ1n) is 9.62. The molecular formula is C22H27NO4S. The topological polar surface area (TPSA) is 92.8 Å². The van der Waals surface area contributed by atoms with E-state index in [1.807, 2.05) is 36.4 Å². The molecule has 0 bridgehead atoms. The Hall–Kier alpha value is -1.99. The molecule has 3 rings (SSSR count). The van der Waals surface area contributed by atoms with Gasteiger partial charge in [0.05, 0.1) is 25.4 Å². The lowest BCUT2D eigenvalue weighted by Gasteiger charge is -2.24. The zero-order valence-corrected chi connectivity index (χ0v) is 16.9. The summed E-state index contributed by atoms with van der Waals surface area (Å²) in [7, 11) is 0. The second kappa shape index (κ2) is 9.01. The summed E-state index contributed by atoms with van der Waals surface area (Å²) >= 11 is 1.58. The Morgan fingerprint density at radius 3 is 2.57 bits per heavy atom. The quantitative estimate of drug-likeness (QED) is 0.378. The van der Waals surface area contributed by atoms with Crippen molar-refractivity contribution in [1.29, 1.82) is 0 Å². The maximum Gasteiger partial charge on any atom is 0.195 e. The van der Waals surface area contributed by atoms with E-state index in [1.165, 1.54) is 0 Å². The smallest absolute Gasteiger partial charge is 0.195 e. The van der Waals surface area contributed by atoms with Crippen LogP contribution >= 0.6 is 11.3 Å². The summed E-state index contributed by atoms with van der Waals surface area (Å²) in [5.74, 6) is 0.792. The number of benzene rings is 2. The van der Waals surface area contributed by atoms with Gasteiger partial charge >= 0.3 is 0 Å². The molecule has 28 heavy (non-hydrogen) atoms. The lowest BCUT2D eigenvalue weighted by Crippen LogP contribution is -2.47. The zero-order valence-electron chi connectivity index (χ0n) is 16.1. The van der Waals surface area contributed by atoms with Crippen molar-refractivity contribution in [3.05, 3.63) is 52.2 Å². The predicted molar refractivity (Wildman–Crippen MR) is 115 cm³/mol. The lowest BCUT2D eigenvalue weighted by molar-refractivity contribution is 0.115. The van der Waals surface area contributed by atoms with Crippen LogP contribution in [0.5, 0.6) is 5.75 Å². The van der Waals surface area contributed by atoms with Crippen molar-refractivity contribution in [3.63, 3.8) is 0 Å². The van der Waals surface area contributed by atoms with E-state index >= 15 is 0 Å². The number of hydrogen-bond acceptors (Lipinski definition) is 6. The van der Waals surface area contributed by atoms with Crippen LogP contribution in [0.4, 0.5) is 0 Å². The molecule has 0 radical (unpaired) electrons. The van der Waals surface area contributed by atoms with E-state index in [0.29, 0.717) is 30.2 Å². The van der Waals surface area contributed by atoms with Crippen molar-refractivity contribution in [2.45, 2.75) is 38.1 Å². The fraction of sp³-hybridized carbons (Fsp3) is 0.409. The summed E-state index contributed by atoms with van der Waals surface area (Å²) in [6, 6.07) is 11.5. The van der Waals surface area contributed by atoms with E-state index < -0.39 is 5.54 Å². The predicted octanol–water partition coefficient (Wildman–Crippen LogP) is 3.21. The van der Waals surface area contributed by atoms with Gasteiger partial charge in [-0.15, -0.1) is 11.3 Å². The highest BCUT2D eigenvalue weighted by molar-refractivity contribution is 7.24. The standard InChI is InChI=1S/C22H27NO4S/c1-2-3-10-27-16-5-6-17-20(12-16)28-19-7-4-15(11-18(19)21(17)26)8-9-22(23,13-24)14-25/h4-7,11-12,24-25H,2-3,8-10,13-14,23H2,1H3. The molecule has 150 valence electrons. The maximum atomic E-state index is 13.0. The number of aliphatic hydroxyl groups excluding tert-OH is 2. The first-order chi connectivity index (χ1) is 13.5. The first-order valence-corrected chi connectivity index (χ1v) is 10.4. The molecule has 0 saturated heterocycles. The van der Waals surface area contributed by atoms with Crippen molar-refractivity contribution in [3.8, 4) is 5.75 Å². The van der Waals surface area contributed by atoms with Crippen molar-refractivity contribution in [2.24, 2.45) is 5.73 Å². The third kappa shape index (κ3) is 4.52. The van der Waals surface area contributed by atoms with E-state index in [9.17, 15) is 15.0 Å². The third-order valence-electron chi connectivity index (χ3n) is 5.01. The van der Waals surface area contributed by atoms with Gasteiger partial charge in [0.25, 0.3) is 0 Å². The van der Waals surface area contributed by atoms with Gasteiger partial charge in [-0.25, -0.2) is 0 Å². The molecular weight excluding hydrogens is 374 g/mol. The molecule has 0 aliphatic heterocycles. The molecule has 3 aromatic rings. The van der Waals surface area contributed by atoms with E-state index in [1.54, 1.807) is 11.3 Å². The highest BCUT2D eigenvalue weighted by atomic mass is 32.1. The van der Waals surface area contributed by atoms with E-state index in [0.717, 1.165) is 33.6 Å². The van der Waals surface area contributed by atoms with E-state index in [2.05, 4.69) is 6.92 Å². The number of ether oxygens (including phenoxy) is 1. The van der Waals surface area contributed by atoms with Crippen LogP contribution < -0.4 is 15.9 Å². The Balaban J connectivity index is 1.91. The number of aryl methyl sites for hydroxylation is 1. The Bertz CT molecular complexity index is 1010. The Morgan fingerprint density at radius 2 is 1.86 bits per heavy atom. The van der Waals surface area contributed by atoms with Gasteiger partial charge in [-0.05, 0) is 55.2 Å². The average molecular weight is 402 g/mol. The monoisotopic (exact) mass is 401 g/mol. The number of nitrogens with two attached hydrogens (primary N) is 1. The minimum absolute atomic E-state index is 0.00837. The van der Waals surface area contributed by atoms with Crippen molar-refractivity contribution < 1.29 is 14.9 Å². The van der Waals surface area contributed by atoms with Gasteiger partial charge in [-0.3, -0.25) is 4.79 Å². The Kier molecular flexibility index (Phi) is 6.67. The minimum Gasteiger partial charge on any atom is -0.494 e. The summed E-state index contributed by atoms with van der Waals surface area (Å²) in [6.07, 6.45) is 3.11. The van der Waals surface area contributed by atoms with Crippen LogP contribution in [0.1, 0.15) is 31.7 Å². The Morgan fingerprint density at radius 1 is 1.07 bits per heavy atom. The number of unbranched alkanes of at least 4 members (excludes halogenated alkanes) is 1. The average Bonchev–Trinajstić information content (AvgIpc) is 2.72. The molecule has 0 aliphatic rings. The molecule has 5 nitrogen and oxygen atoms in total. The molecule has 0 atom stereocenters. The molecule has 0 saturated carbocycles. The van der Waals surface area contributed by atoms with Gasteiger partial charge in [-0.2, -0.15) is 0 Å². The zero-order chi connectivity index (χ0) is 20.1. The molecule has 1 heterocycles. The summed E-state index contributed by atoms with van der Waals surface area (Å²) < 4.78 is 7.61. The molecule has 1 aromatic heterocycles. The number of rotatable bonds is 9. The van der Waals surface area contributed by atoms with Gasteiger partial charge in [0.15, 0.2) is 5.43 Å². The second-order valence-corrected chi connectivity index (χ2v) is 8.38. The van der Waals surface area contributed by atoms with Gasteiger partial charge < -0.3 is 20.7 Å². The third-order valence-corrected chi connectivity index (χ3v) is 6.15. The van der Waals surface area contributed by atoms with Gasteiger partial charge in [-0.1, -0.05) is 19.4 Å². The van der Waals surface area contributed by atoms with Crippen LogP contribution in [0.2, 0.25) is 0 Å². The first kappa shape index (κ1) is 20.7. The Labute approximate surface area is 168 Å². The number of hydrogen-bond donors (Lipinski definition) is 3. The van der Waals surface area contributed by atoms with Crippen molar-refractivity contribution in [2.75, 3.05) is 19.8 Å². The minimum atomic E-state index is -1.00. The molecule has 6 heteroatoms. The van der Waals surface area contributed by atoms with Crippen LogP contribution in [0.25, 0.3) is 20.2 Å². The molecule has 0 spiro atoms. The molecule has 0 unspecified atom stereocenters. The molecule has 4 N–H and O–H groups in total. The fourth-order valence-corrected chi connectivity index (χ4v) is 4.14. The molecule has 2 aromatic carbocycles. The van der Waals surface area contributed by atoms with Crippen LogP contribution in [0, 0.1) is 0 Å². The van der Waals surface area contributed by atoms with Gasteiger partial charge in [0.2, 0.25) is 0 Å². The summed E-state index contributed by atoms with van der Waals surface area (Å²) in [5, 5.41) is 20.1. The van der Waals surface area contributed by atoms with Crippen LogP contribution in [-0.2, 0) is 6.42 Å². The molecule has 0 amide bonds. The van der Waals surface area contributed by atoms with Gasteiger partial charge in [0, 0.05) is 20.2 Å². The highest BCUT2D eigenvalue weighted by Crippen LogP contribution is 2.29. The van der Waals surface area contributed by atoms with E-state index in [4.69, 9.17) is 10.5 Å². The van der Waals surface area contributed by atoms with Crippen molar-refractivity contribution in [1.82, 2.24) is 0 Å². The van der Waals surface area contributed by atoms with Crippen LogP contribution in [0.15, 0.2) is 41.2 Å². The fourth-order valence-electron chi connectivity index (χ4n) is 3.06. The number of aliphatic hydroxyl groups is 2. The highest BCUT2D eigenvalue weighted by Gasteiger charge is 2.22. The molecule has 0 aliphatic carbocycles. The van der Waals surface area contributed by atoms with E-state index in [-0.39, 0.29) is 18.6 Å². The SMILES string of the molecule is CCCCOc1ccc2c(=O)c3cc(CCC(N)(CO)CO)ccc3sc2c1. The van der Waals surface area contributed by atoms with Crippen LogP contribution in [0.3, 0.4) is 0 Å². The second-order valence-electron chi connectivity index (χ2n) is 7.30. The summed E-state index contributed by atoms with van der Waals surface area (Å²) in [6.45, 7) is 2.24. The summed E-state index contributed by atoms with van der Waals surface area (Å²) in [4.78, 5) is 13.0. The summed E-state index contributed by atoms with van der Waals surface area (Å²) in [5.41, 5.74) is 5.92. The normalized spacial score (nSPS) is 12.0. The lowest BCUT2D eigenvalue weighted by atomic mass is 9.93. The van der Waals surface area contributed by atoms with Gasteiger partial charge in [0.1, 0.15) is 5.75 Å². The maximum absolute atomic E-state index is 13.0. The molecule has 0 fully saturated rings. The largest absolute Gasteiger partial charge is 0.494 e. The van der Waals surface area contributed by atoms with Crippen LogP contribution in [-0.4, -0.2) is 35.6 Å². The number of fused-ring (bicyclic) bond motifs is 2.